The van der Waals surface area contributed by atoms with E-state index in [1.54, 1.807) is 24.3 Å². The summed E-state index contributed by atoms with van der Waals surface area (Å²) in [6.07, 6.45) is 3.39. The van der Waals surface area contributed by atoms with Gasteiger partial charge >= 0.3 is 12.1 Å². The van der Waals surface area contributed by atoms with Crippen LogP contribution >= 0.6 is 0 Å². The average Bonchev–Trinajstić information content (AvgIpc) is 3.32. The molecule has 1 heterocycles. The van der Waals surface area contributed by atoms with E-state index in [-0.39, 0.29) is 13.2 Å². The molecule has 0 radical (unpaired) electrons. The fourth-order valence-electron chi connectivity index (χ4n) is 3.89. The molecule has 4 aromatic rings. The highest BCUT2D eigenvalue weighted by Crippen LogP contribution is 2.22. The van der Waals surface area contributed by atoms with E-state index in [2.05, 4.69) is 4.98 Å². The summed E-state index contributed by atoms with van der Waals surface area (Å²) in [6, 6.07) is 26.5. The zero-order valence-electron chi connectivity index (χ0n) is 21.7. The minimum atomic E-state index is -1.13. The SMILES string of the molecule is Cc1oc(-c2ccccc2)nc1CCOc1cccc(CN(CC(=O)O)C(=O)OCC=Cc2ccccc2)c1. The summed E-state index contributed by atoms with van der Waals surface area (Å²) >= 11 is 0. The Labute approximate surface area is 227 Å². The highest BCUT2D eigenvalue weighted by atomic mass is 16.6. The van der Waals surface area contributed by atoms with Gasteiger partial charge in [0.1, 0.15) is 24.7 Å². The van der Waals surface area contributed by atoms with Gasteiger partial charge in [-0.05, 0) is 48.4 Å². The van der Waals surface area contributed by atoms with Crippen molar-refractivity contribution in [2.45, 2.75) is 19.9 Å². The number of benzene rings is 3. The molecule has 0 aliphatic carbocycles. The van der Waals surface area contributed by atoms with Gasteiger partial charge in [0.2, 0.25) is 5.89 Å². The lowest BCUT2D eigenvalue weighted by molar-refractivity contribution is -0.138. The third-order valence-electron chi connectivity index (χ3n) is 5.79. The second-order valence-corrected chi connectivity index (χ2v) is 8.77. The second kappa shape index (κ2) is 13.6. The van der Waals surface area contributed by atoms with Crippen molar-refractivity contribution in [1.82, 2.24) is 9.88 Å². The number of hydrogen-bond donors (Lipinski definition) is 1. The molecule has 200 valence electrons. The lowest BCUT2D eigenvalue weighted by Crippen LogP contribution is -2.35. The van der Waals surface area contributed by atoms with Gasteiger partial charge in [-0.3, -0.25) is 9.69 Å². The Hall–Kier alpha value is -4.85. The molecule has 8 heteroatoms. The Kier molecular flexibility index (Phi) is 9.50. The number of aromatic nitrogens is 1. The largest absolute Gasteiger partial charge is 0.493 e. The Morgan fingerprint density at radius 3 is 2.49 bits per heavy atom. The number of aliphatic carboxylic acids is 1. The first-order chi connectivity index (χ1) is 19.0. The molecule has 3 aromatic carbocycles. The van der Waals surface area contributed by atoms with E-state index >= 15 is 0 Å². The lowest BCUT2D eigenvalue weighted by atomic mass is 10.2. The Bertz CT molecular complexity index is 1400. The van der Waals surface area contributed by atoms with Crippen molar-refractivity contribution in [1.29, 1.82) is 0 Å². The first-order valence-electron chi connectivity index (χ1n) is 12.6. The number of carbonyl (C=O) groups is 2. The topological polar surface area (TPSA) is 102 Å². The van der Waals surface area contributed by atoms with Crippen molar-refractivity contribution >= 4 is 18.1 Å². The predicted molar refractivity (Wildman–Crippen MR) is 147 cm³/mol. The number of rotatable bonds is 12. The second-order valence-electron chi connectivity index (χ2n) is 8.77. The van der Waals surface area contributed by atoms with Crippen molar-refractivity contribution in [3.05, 3.63) is 114 Å². The van der Waals surface area contributed by atoms with Crippen molar-refractivity contribution < 1.29 is 28.6 Å². The van der Waals surface area contributed by atoms with E-state index in [0.29, 0.717) is 24.7 Å². The summed E-state index contributed by atoms with van der Waals surface area (Å²) in [4.78, 5) is 29.7. The lowest BCUT2D eigenvalue weighted by Gasteiger charge is -2.20. The number of aryl methyl sites for hydroxylation is 1. The average molecular weight is 527 g/mol. The molecule has 4 rings (SSSR count). The van der Waals surface area contributed by atoms with Crippen LogP contribution in [0.3, 0.4) is 0 Å². The van der Waals surface area contributed by atoms with Crippen LogP contribution in [0.2, 0.25) is 0 Å². The van der Waals surface area contributed by atoms with Crippen LogP contribution in [-0.4, -0.2) is 46.8 Å². The van der Waals surface area contributed by atoms with Gasteiger partial charge in [-0.1, -0.05) is 66.7 Å². The quantitative estimate of drug-likeness (QED) is 0.241. The molecule has 0 bridgehead atoms. The maximum atomic E-state index is 12.6. The number of ether oxygens (including phenoxy) is 2. The molecule has 0 unspecified atom stereocenters. The smallest absolute Gasteiger partial charge is 0.410 e. The van der Waals surface area contributed by atoms with E-state index in [0.717, 1.165) is 33.0 Å². The molecule has 1 amide bonds. The number of amides is 1. The molecule has 0 fully saturated rings. The monoisotopic (exact) mass is 526 g/mol. The van der Waals surface area contributed by atoms with Crippen LogP contribution in [0, 0.1) is 6.92 Å². The standard InChI is InChI=1S/C31H30N2O6/c1-23-28(32-30(39-23)26-14-6-3-7-15-26)17-19-37-27-16-8-12-25(20-27)21-33(22-29(34)35)31(36)38-18-9-13-24-10-4-2-5-11-24/h2-16,20H,17-19,21-22H2,1H3,(H,34,35). The van der Waals surface area contributed by atoms with E-state index in [4.69, 9.17) is 13.9 Å². The maximum Gasteiger partial charge on any atom is 0.410 e. The van der Waals surface area contributed by atoms with Gasteiger partial charge in [-0.15, -0.1) is 0 Å². The molecule has 0 saturated carbocycles. The van der Waals surface area contributed by atoms with E-state index in [1.165, 1.54) is 0 Å². The van der Waals surface area contributed by atoms with Gasteiger partial charge in [-0.2, -0.15) is 0 Å². The number of carboxylic acids is 1. The third kappa shape index (κ3) is 8.33. The number of carboxylic acid groups (broad SMARTS) is 1. The van der Waals surface area contributed by atoms with Crippen molar-refractivity contribution in [2.75, 3.05) is 19.8 Å². The molecule has 1 N–H and O–H groups in total. The Morgan fingerprint density at radius 1 is 1.00 bits per heavy atom. The molecule has 0 saturated heterocycles. The van der Waals surface area contributed by atoms with E-state index in [9.17, 15) is 14.7 Å². The number of hydrogen-bond acceptors (Lipinski definition) is 6. The fourth-order valence-corrected chi connectivity index (χ4v) is 3.89. The summed E-state index contributed by atoms with van der Waals surface area (Å²) in [5.41, 5.74) is 3.43. The molecule has 39 heavy (non-hydrogen) atoms. The van der Waals surface area contributed by atoms with Gasteiger partial charge < -0.3 is 19.0 Å². The van der Waals surface area contributed by atoms with Gasteiger partial charge in [0.25, 0.3) is 0 Å². The molecule has 1 aromatic heterocycles. The minimum Gasteiger partial charge on any atom is -0.493 e. The summed E-state index contributed by atoms with van der Waals surface area (Å²) in [5.74, 6) is 0.794. The maximum absolute atomic E-state index is 12.6. The zero-order chi connectivity index (χ0) is 27.5. The summed E-state index contributed by atoms with van der Waals surface area (Å²) in [7, 11) is 0. The van der Waals surface area contributed by atoms with Crippen LogP contribution in [0.15, 0.2) is 95.4 Å². The molecule has 0 atom stereocenters. The van der Waals surface area contributed by atoms with Crippen molar-refractivity contribution in [2.24, 2.45) is 0 Å². The molecular formula is C31H30N2O6. The highest BCUT2D eigenvalue weighted by molar-refractivity contribution is 5.76. The van der Waals surface area contributed by atoms with E-state index in [1.807, 2.05) is 79.7 Å². The van der Waals surface area contributed by atoms with Crippen LogP contribution in [0.25, 0.3) is 17.5 Å². The predicted octanol–water partition coefficient (Wildman–Crippen LogP) is 6.01. The molecule has 8 nitrogen and oxygen atoms in total. The van der Waals surface area contributed by atoms with Gasteiger partial charge in [0.15, 0.2) is 0 Å². The summed E-state index contributed by atoms with van der Waals surface area (Å²) in [6.45, 7) is 1.86. The van der Waals surface area contributed by atoms with Gasteiger partial charge in [-0.25, -0.2) is 9.78 Å². The Morgan fingerprint density at radius 2 is 1.74 bits per heavy atom. The normalized spacial score (nSPS) is 10.9. The van der Waals surface area contributed by atoms with Crippen molar-refractivity contribution in [3.63, 3.8) is 0 Å². The third-order valence-corrected chi connectivity index (χ3v) is 5.79. The fraction of sp³-hybridized carbons (Fsp3) is 0.194. The first-order valence-corrected chi connectivity index (χ1v) is 12.6. The highest BCUT2D eigenvalue weighted by Gasteiger charge is 2.19. The van der Waals surface area contributed by atoms with Crippen molar-refractivity contribution in [3.8, 4) is 17.2 Å². The van der Waals surface area contributed by atoms with Crippen LogP contribution in [0.4, 0.5) is 4.79 Å². The molecule has 0 aliphatic rings. The summed E-state index contributed by atoms with van der Waals surface area (Å²) < 4.78 is 17.0. The number of oxazole rings is 1. The van der Waals surface area contributed by atoms with E-state index < -0.39 is 18.6 Å². The van der Waals surface area contributed by atoms with Crippen LogP contribution in [-0.2, 0) is 22.5 Å². The number of carbonyl (C=O) groups excluding carboxylic acids is 1. The molecular weight excluding hydrogens is 496 g/mol. The zero-order valence-corrected chi connectivity index (χ0v) is 21.7. The summed E-state index contributed by atoms with van der Waals surface area (Å²) in [5, 5.41) is 9.31. The minimum absolute atomic E-state index is 0.0282. The first kappa shape index (κ1) is 27.2. The number of nitrogens with zero attached hydrogens (tertiary/aromatic N) is 2. The van der Waals surface area contributed by atoms with Crippen LogP contribution in [0.1, 0.15) is 22.6 Å². The molecule has 0 spiro atoms. The van der Waals surface area contributed by atoms with Crippen LogP contribution in [0.5, 0.6) is 5.75 Å². The Balaban J connectivity index is 1.31. The molecule has 0 aliphatic heterocycles. The van der Waals surface area contributed by atoms with Crippen LogP contribution < -0.4 is 4.74 Å². The van der Waals surface area contributed by atoms with Gasteiger partial charge in [0, 0.05) is 18.5 Å². The van der Waals surface area contributed by atoms with Gasteiger partial charge in [0.05, 0.1) is 12.3 Å².